The Bertz CT molecular complexity index is 424. The van der Waals surface area contributed by atoms with Gasteiger partial charge in [-0.25, -0.2) is 0 Å². The highest BCUT2D eigenvalue weighted by Gasteiger charge is 2.10. The van der Waals surface area contributed by atoms with Gasteiger partial charge in [0.2, 0.25) is 0 Å². The highest BCUT2D eigenvalue weighted by molar-refractivity contribution is 7.80. The zero-order valence-electron chi connectivity index (χ0n) is 11.6. The lowest BCUT2D eigenvalue weighted by atomic mass is 10.1. The standard InChI is InChI=1S/C14H22N2O2S/c1-3-16(7-4-8-17)10-12-9-11(14(15)19)5-6-13(12)18-2/h5-6,9,17H,3-4,7-8,10H2,1-2H3,(H2,15,19). The molecule has 106 valence electrons. The van der Waals surface area contributed by atoms with Crippen LogP contribution in [0.5, 0.6) is 5.75 Å². The third-order valence-electron chi connectivity index (χ3n) is 3.04. The normalized spacial score (nSPS) is 10.7. The molecule has 0 heterocycles. The maximum Gasteiger partial charge on any atom is 0.123 e. The monoisotopic (exact) mass is 282 g/mol. The summed E-state index contributed by atoms with van der Waals surface area (Å²) in [7, 11) is 1.66. The average molecular weight is 282 g/mol. The van der Waals surface area contributed by atoms with Crippen LogP contribution in [0, 0.1) is 0 Å². The number of nitrogens with two attached hydrogens (primary N) is 1. The van der Waals surface area contributed by atoms with E-state index in [0.29, 0.717) is 4.99 Å². The Morgan fingerprint density at radius 3 is 2.74 bits per heavy atom. The topological polar surface area (TPSA) is 58.7 Å². The van der Waals surface area contributed by atoms with Gasteiger partial charge in [0, 0.05) is 30.8 Å². The Hall–Kier alpha value is -1.17. The van der Waals surface area contributed by atoms with Crippen molar-refractivity contribution in [2.75, 3.05) is 26.8 Å². The fourth-order valence-electron chi connectivity index (χ4n) is 1.94. The molecule has 0 saturated carbocycles. The number of aliphatic hydroxyl groups excluding tert-OH is 1. The second kappa shape index (κ2) is 8.09. The number of hydrogen-bond donors (Lipinski definition) is 2. The summed E-state index contributed by atoms with van der Waals surface area (Å²) >= 11 is 5.00. The van der Waals surface area contributed by atoms with Gasteiger partial charge >= 0.3 is 0 Å². The summed E-state index contributed by atoms with van der Waals surface area (Å²) in [6, 6.07) is 5.74. The van der Waals surface area contributed by atoms with Crippen LogP contribution in [0.25, 0.3) is 0 Å². The summed E-state index contributed by atoms with van der Waals surface area (Å²) in [5, 5.41) is 8.91. The fourth-order valence-corrected chi connectivity index (χ4v) is 2.07. The zero-order valence-corrected chi connectivity index (χ0v) is 12.4. The van der Waals surface area contributed by atoms with E-state index in [-0.39, 0.29) is 6.61 Å². The smallest absolute Gasteiger partial charge is 0.123 e. The summed E-state index contributed by atoms with van der Waals surface area (Å²) in [5.74, 6) is 0.836. The van der Waals surface area contributed by atoms with Crippen LogP contribution in [0.4, 0.5) is 0 Å². The molecule has 0 bridgehead atoms. The quantitative estimate of drug-likeness (QED) is 0.708. The first kappa shape index (κ1) is 15.9. The third-order valence-corrected chi connectivity index (χ3v) is 3.27. The highest BCUT2D eigenvalue weighted by atomic mass is 32.1. The van der Waals surface area contributed by atoms with Crippen LogP contribution in [-0.4, -0.2) is 41.8 Å². The molecule has 0 fully saturated rings. The molecule has 0 spiro atoms. The first-order valence-corrected chi connectivity index (χ1v) is 6.83. The number of methoxy groups -OCH3 is 1. The Kier molecular flexibility index (Phi) is 6.77. The van der Waals surface area contributed by atoms with E-state index in [1.807, 2.05) is 18.2 Å². The molecule has 3 N–H and O–H groups in total. The van der Waals surface area contributed by atoms with Crippen LogP contribution in [-0.2, 0) is 6.54 Å². The van der Waals surface area contributed by atoms with Crippen LogP contribution < -0.4 is 10.5 Å². The van der Waals surface area contributed by atoms with Gasteiger partial charge in [-0.1, -0.05) is 19.1 Å². The van der Waals surface area contributed by atoms with Gasteiger partial charge in [-0.05, 0) is 31.2 Å². The molecule has 0 aliphatic rings. The second-order valence-electron chi connectivity index (χ2n) is 4.34. The summed E-state index contributed by atoms with van der Waals surface area (Å²) in [6.45, 7) is 4.84. The van der Waals surface area contributed by atoms with Crippen molar-refractivity contribution in [2.45, 2.75) is 19.9 Å². The molecular weight excluding hydrogens is 260 g/mol. The molecule has 0 aromatic heterocycles. The molecule has 19 heavy (non-hydrogen) atoms. The SMILES string of the molecule is CCN(CCCO)Cc1cc(C(N)=S)ccc1OC. The van der Waals surface area contributed by atoms with E-state index in [1.54, 1.807) is 7.11 Å². The lowest BCUT2D eigenvalue weighted by Gasteiger charge is -2.21. The fraction of sp³-hybridized carbons (Fsp3) is 0.500. The van der Waals surface area contributed by atoms with Crippen LogP contribution in [0.1, 0.15) is 24.5 Å². The molecule has 0 atom stereocenters. The number of benzene rings is 1. The van der Waals surface area contributed by atoms with Crippen molar-refractivity contribution in [2.24, 2.45) is 5.73 Å². The molecule has 0 saturated heterocycles. The van der Waals surface area contributed by atoms with Crippen molar-refractivity contribution in [1.29, 1.82) is 0 Å². The van der Waals surface area contributed by atoms with Gasteiger partial charge in [0.25, 0.3) is 0 Å². The van der Waals surface area contributed by atoms with Gasteiger partial charge in [-0.2, -0.15) is 0 Å². The number of thiocarbonyl (C=S) groups is 1. The molecule has 0 amide bonds. The van der Waals surface area contributed by atoms with Crippen LogP contribution in [0.2, 0.25) is 0 Å². The zero-order chi connectivity index (χ0) is 14.3. The first-order chi connectivity index (χ1) is 9.12. The second-order valence-corrected chi connectivity index (χ2v) is 4.78. The molecule has 1 rings (SSSR count). The molecule has 4 nitrogen and oxygen atoms in total. The van der Waals surface area contributed by atoms with Crippen molar-refractivity contribution in [3.63, 3.8) is 0 Å². The third kappa shape index (κ3) is 4.78. The predicted octanol–water partition coefficient (Wildman–Crippen LogP) is 1.53. The number of nitrogens with zero attached hydrogens (tertiary/aromatic N) is 1. The number of ether oxygens (including phenoxy) is 1. The van der Waals surface area contributed by atoms with Gasteiger partial charge in [-0.3, -0.25) is 4.90 Å². The summed E-state index contributed by atoms with van der Waals surface area (Å²) in [4.78, 5) is 2.64. The Morgan fingerprint density at radius 1 is 1.47 bits per heavy atom. The molecule has 5 heteroatoms. The first-order valence-electron chi connectivity index (χ1n) is 6.42. The Morgan fingerprint density at radius 2 is 2.21 bits per heavy atom. The van der Waals surface area contributed by atoms with Gasteiger partial charge in [0.05, 0.1) is 7.11 Å². The summed E-state index contributed by atoms with van der Waals surface area (Å²) in [6.07, 6.45) is 0.769. The molecule has 0 radical (unpaired) electrons. The van der Waals surface area contributed by atoms with E-state index < -0.39 is 0 Å². The molecular formula is C14H22N2O2S. The van der Waals surface area contributed by atoms with Crippen molar-refractivity contribution >= 4 is 17.2 Å². The molecule has 0 aliphatic heterocycles. The van der Waals surface area contributed by atoms with Crippen molar-refractivity contribution in [1.82, 2.24) is 4.90 Å². The molecule has 0 unspecified atom stereocenters. The molecule has 1 aromatic carbocycles. The molecule has 0 aliphatic carbocycles. The highest BCUT2D eigenvalue weighted by Crippen LogP contribution is 2.21. The van der Waals surface area contributed by atoms with Crippen molar-refractivity contribution in [3.05, 3.63) is 29.3 Å². The summed E-state index contributed by atoms with van der Waals surface area (Å²) in [5.41, 5.74) is 7.58. The molecule has 1 aromatic rings. The largest absolute Gasteiger partial charge is 0.496 e. The van der Waals surface area contributed by atoms with Crippen molar-refractivity contribution < 1.29 is 9.84 Å². The minimum Gasteiger partial charge on any atom is -0.496 e. The predicted molar refractivity (Wildman–Crippen MR) is 81.5 cm³/mol. The summed E-state index contributed by atoms with van der Waals surface area (Å²) < 4.78 is 5.37. The minimum absolute atomic E-state index is 0.209. The lowest BCUT2D eigenvalue weighted by Crippen LogP contribution is -2.25. The van der Waals surface area contributed by atoms with E-state index in [9.17, 15) is 0 Å². The maximum absolute atomic E-state index is 8.91. The number of hydrogen-bond acceptors (Lipinski definition) is 4. The van der Waals surface area contributed by atoms with E-state index in [4.69, 9.17) is 27.8 Å². The number of aliphatic hydroxyl groups is 1. The van der Waals surface area contributed by atoms with Gasteiger partial charge in [-0.15, -0.1) is 0 Å². The van der Waals surface area contributed by atoms with Gasteiger partial charge in [0.1, 0.15) is 10.7 Å². The lowest BCUT2D eigenvalue weighted by molar-refractivity contribution is 0.223. The average Bonchev–Trinajstić information content (AvgIpc) is 2.43. The Balaban J connectivity index is 2.89. The van der Waals surface area contributed by atoms with Gasteiger partial charge in [0.15, 0.2) is 0 Å². The van der Waals surface area contributed by atoms with Crippen molar-refractivity contribution in [3.8, 4) is 5.75 Å². The van der Waals surface area contributed by atoms with Crippen LogP contribution in [0.3, 0.4) is 0 Å². The number of rotatable bonds is 8. The maximum atomic E-state index is 8.91. The van der Waals surface area contributed by atoms with E-state index in [0.717, 1.165) is 42.9 Å². The van der Waals surface area contributed by atoms with E-state index in [1.165, 1.54) is 0 Å². The van der Waals surface area contributed by atoms with E-state index >= 15 is 0 Å². The van der Waals surface area contributed by atoms with Crippen LogP contribution >= 0.6 is 12.2 Å². The van der Waals surface area contributed by atoms with Crippen LogP contribution in [0.15, 0.2) is 18.2 Å². The Labute approximate surface area is 120 Å². The minimum atomic E-state index is 0.209. The van der Waals surface area contributed by atoms with E-state index in [2.05, 4.69) is 11.8 Å². The van der Waals surface area contributed by atoms with Gasteiger partial charge < -0.3 is 15.6 Å².